The van der Waals surface area contributed by atoms with Crippen LogP contribution in [0.3, 0.4) is 0 Å². The summed E-state index contributed by atoms with van der Waals surface area (Å²) < 4.78 is 23.7. The van der Waals surface area contributed by atoms with Gasteiger partial charge in [-0.15, -0.1) is 0 Å². The molecule has 2 aliphatic rings. The molecule has 2 aliphatic heterocycles. The van der Waals surface area contributed by atoms with Crippen LogP contribution in [0.1, 0.15) is 33.6 Å². The number of rotatable bonds is 7. The Morgan fingerprint density at radius 1 is 1.26 bits per heavy atom. The van der Waals surface area contributed by atoms with Gasteiger partial charge in [-0.2, -0.15) is 0 Å². The van der Waals surface area contributed by atoms with Crippen molar-refractivity contribution < 1.29 is 23.7 Å². The summed E-state index contributed by atoms with van der Waals surface area (Å²) in [5.74, 6) is -0.702. The second kappa shape index (κ2) is 8.75. The SMILES string of the molecule is CCCCO[C@H]1[C@H]2OC(C)(C)O[C@H]2O[C@H]1CNC(=O)Nc1ccc(Cl)cc1. The van der Waals surface area contributed by atoms with Crippen LogP contribution >= 0.6 is 11.6 Å². The molecule has 0 aromatic heterocycles. The zero-order valence-corrected chi connectivity index (χ0v) is 16.6. The molecular formula is C19H27ClN2O5. The number of urea groups is 1. The van der Waals surface area contributed by atoms with E-state index in [0.29, 0.717) is 17.3 Å². The number of ether oxygens (including phenoxy) is 4. The van der Waals surface area contributed by atoms with Gasteiger partial charge >= 0.3 is 6.03 Å². The molecule has 27 heavy (non-hydrogen) atoms. The van der Waals surface area contributed by atoms with Crippen LogP contribution < -0.4 is 10.6 Å². The molecule has 0 bridgehead atoms. The molecule has 2 fully saturated rings. The van der Waals surface area contributed by atoms with Gasteiger partial charge in [0.25, 0.3) is 0 Å². The Morgan fingerprint density at radius 2 is 2.00 bits per heavy atom. The molecule has 1 aromatic carbocycles. The van der Waals surface area contributed by atoms with Crippen molar-refractivity contribution in [2.45, 2.75) is 64.0 Å². The second-order valence-corrected chi connectivity index (χ2v) is 7.61. The number of hydrogen-bond acceptors (Lipinski definition) is 5. The molecule has 0 radical (unpaired) electrons. The van der Waals surface area contributed by atoms with Crippen LogP contribution in [0.4, 0.5) is 10.5 Å². The molecule has 1 aromatic rings. The van der Waals surface area contributed by atoms with Crippen LogP contribution in [-0.4, -0.2) is 49.6 Å². The third-order valence-electron chi connectivity index (χ3n) is 4.46. The summed E-state index contributed by atoms with van der Waals surface area (Å²) in [4.78, 5) is 12.2. The molecule has 2 amide bonds. The maximum absolute atomic E-state index is 12.2. The molecule has 4 atom stereocenters. The molecule has 3 rings (SSSR count). The predicted molar refractivity (Wildman–Crippen MR) is 102 cm³/mol. The second-order valence-electron chi connectivity index (χ2n) is 7.17. The van der Waals surface area contributed by atoms with E-state index in [1.807, 2.05) is 13.8 Å². The minimum atomic E-state index is -0.702. The molecule has 2 heterocycles. The quantitative estimate of drug-likeness (QED) is 0.687. The molecule has 0 aliphatic carbocycles. The fourth-order valence-corrected chi connectivity index (χ4v) is 3.30. The summed E-state index contributed by atoms with van der Waals surface area (Å²) in [5, 5.41) is 6.19. The van der Waals surface area contributed by atoms with E-state index in [1.165, 1.54) is 0 Å². The number of nitrogens with one attached hydrogen (secondary N) is 2. The van der Waals surface area contributed by atoms with Crippen molar-refractivity contribution in [2.75, 3.05) is 18.5 Å². The van der Waals surface area contributed by atoms with Gasteiger partial charge in [-0.1, -0.05) is 24.9 Å². The highest BCUT2D eigenvalue weighted by atomic mass is 35.5. The first-order chi connectivity index (χ1) is 12.9. The standard InChI is InChI=1S/C19H27ClN2O5/c1-4-5-10-24-15-14(25-17-16(15)26-19(2,3)27-17)11-21-18(23)22-13-8-6-12(20)7-9-13/h6-9,14-17H,4-5,10-11H2,1-3H3,(H2,21,22,23)/t14-,15+,16+,17+/m0/s1. The molecular weight excluding hydrogens is 372 g/mol. The van der Waals surface area contributed by atoms with E-state index in [-0.39, 0.29) is 30.9 Å². The Hall–Kier alpha value is -1.38. The zero-order valence-electron chi connectivity index (χ0n) is 15.9. The third kappa shape index (κ3) is 5.33. The highest BCUT2D eigenvalue weighted by Gasteiger charge is 2.55. The molecule has 0 unspecified atom stereocenters. The number of carbonyl (C=O) groups is 1. The fraction of sp³-hybridized carbons (Fsp3) is 0.632. The van der Waals surface area contributed by atoms with Gasteiger partial charge in [0.1, 0.15) is 18.3 Å². The van der Waals surface area contributed by atoms with Gasteiger partial charge in [-0.3, -0.25) is 0 Å². The van der Waals surface area contributed by atoms with Gasteiger partial charge < -0.3 is 29.6 Å². The lowest BCUT2D eigenvalue weighted by atomic mass is 10.1. The highest BCUT2D eigenvalue weighted by Crippen LogP contribution is 2.38. The summed E-state index contributed by atoms with van der Waals surface area (Å²) in [6, 6.07) is 6.57. The number of hydrogen-bond donors (Lipinski definition) is 2. The number of benzene rings is 1. The van der Waals surface area contributed by atoms with Crippen LogP contribution in [0.25, 0.3) is 0 Å². The first kappa shape index (κ1) is 20.4. The largest absolute Gasteiger partial charge is 0.373 e. The number of unbranched alkanes of at least 4 members (excludes halogenated alkanes) is 1. The minimum absolute atomic E-state index is 0.288. The molecule has 0 saturated carbocycles. The summed E-state index contributed by atoms with van der Waals surface area (Å²) >= 11 is 5.85. The molecule has 0 spiro atoms. The first-order valence-corrected chi connectivity index (χ1v) is 9.69. The predicted octanol–water partition coefficient (Wildman–Crippen LogP) is 3.52. The van der Waals surface area contributed by atoms with Crippen molar-refractivity contribution >= 4 is 23.3 Å². The summed E-state index contributed by atoms with van der Waals surface area (Å²) in [7, 11) is 0. The zero-order chi connectivity index (χ0) is 19.4. The Kier molecular flexibility index (Phi) is 6.60. The molecule has 7 nitrogen and oxygen atoms in total. The number of carbonyl (C=O) groups excluding carboxylic acids is 1. The molecule has 150 valence electrons. The van der Waals surface area contributed by atoms with Gasteiger partial charge in [-0.25, -0.2) is 4.79 Å². The number of anilines is 1. The molecule has 2 saturated heterocycles. The van der Waals surface area contributed by atoms with Gasteiger partial charge in [-0.05, 0) is 44.5 Å². The third-order valence-corrected chi connectivity index (χ3v) is 4.71. The average Bonchev–Trinajstić information content (AvgIpc) is 3.07. The van der Waals surface area contributed by atoms with Crippen LogP contribution in [0.15, 0.2) is 24.3 Å². The van der Waals surface area contributed by atoms with Gasteiger partial charge in [0.2, 0.25) is 0 Å². The van der Waals surface area contributed by atoms with E-state index in [1.54, 1.807) is 24.3 Å². The monoisotopic (exact) mass is 398 g/mol. The van der Waals surface area contributed by atoms with E-state index in [9.17, 15) is 4.79 Å². The van der Waals surface area contributed by atoms with Gasteiger partial charge in [0, 0.05) is 23.9 Å². The molecule has 8 heteroatoms. The Morgan fingerprint density at radius 3 is 2.70 bits per heavy atom. The fourth-order valence-electron chi connectivity index (χ4n) is 3.18. The van der Waals surface area contributed by atoms with Crippen molar-refractivity contribution in [1.82, 2.24) is 5.32 Å². The summed E-state index contributed by atoms with van der Waals surface area (Å²) in [5.41, 5.74) is 0.658. The maximum atomic E-state index is 12.2. The Bertz CT molecular complexity index is 639. The van der Waals surface area contributed by atoms with Crippen molar-refractivity contribution in [3.8, 4) is 0 Å². The van der Waals surface area contributed by atoms with Crippen LogP contribution in [0.5, 0.6) is 0 Å². The summed E-state index contributed by atoms with van der Waals surface area (Å²) in [6.07, 6.45) is 0.565. The Labute approximate surface area is 164 Å². The molecule has 2 N–H and O–H groups in total. The lowest BCUT2D eigenvalue weighted by Gasteiger charge is -2.26. The number of amides is 2. The van der Waals surface area contributed by atoms with E-state index in [2.05, 4.69) is 17.6 Å². The van der Waals surface area contributed by atoms with E-state index in [4.69, 9.17) is 30.5 Å². The number of fused-ring (bicyclic) bond motifs is 1. The van der Waals surface area contributed by atoms with E-state index >= 15 is 0 Å². The lowest BCUT2D eigenvalue weighted by molar-refractivity contribution is -0.217. The van der Waals surface area contributed by atoms with Crippen molar-refractivity contribution in [2.24, 2.45) is 0 Å². The van der Waals surface area contributed by atoms with Crippen molar-refractivity contribution in [3.05, 3.63) is 29.3 Å². The Balaban J connectivity index is 1.54. The topological polar surface area (TPSA) is 78.1 Å². The van der Waals surface area contributed by atoms with E-state index < -0.39 is 12.1 Å². The van der Waals surface area contributed by atoms with Crippen LogP contribution in [0.2, 0.25) is 5.02 Å². The van der Waals surface area contributed by atoms with Crippen LogP contribution in [-0.2, 0) is 18.9 Å². The normalized spacial score (nSPS) is 28.7. The summed E-state index contributed by atoms with van der Waals surface area (Å²) in [6.45, 7) is 6.71. The van der Waals surface area contributed by atoms with Gasteiger partial charge in [0.05, 0.1) is 0 Å². The minimum Gasteiger partial charge on any atom is -0.373 e. The smallest absolute Gasteiger partial charge is 0.319 e. The van der Waals surface area contributed by atoms with Crippen molar-refractivity contribution in [1.29, 1.82) is 0 Å². The first-order valence-electron chi connectivity index (χ1n) is 9.31. The maximum Gasteiger partial charge on any atom is 0.319 e. The average molecular weight is 399 g/mol. The van der Waals surface area contributed by atoms with Crippen LogP contribution in [0, 0.1) is 0 Å². The van der Waals surface area contributed by atoms with Crippen molar-refractivity contribution in [3.63, 3.8) is 0 Å². The lowest BCUT2D eigenvalue weighted by Crippen LogP contribution is -2.44. The number of halogens is 1. The van der Waals surface area contributed by atoms with Gasteiger partial charge in [0.15, 0.2) is 12.1 Å². The van der Waals surface area contributed by atoms with E-state index in [0.717, 1.165) is 12.8 Å². The highest BCUT2D eigenvalue weighted by molar-refractivity contribution is 6.30.